The molecule has 8 nitrogen and oxygen atoms in total. The van der Waals surface area contributed by atoms with E-state index < -0.39 is 10.0 Å². The van der Waals surface area contributed by atoms with Gasteiger partial charge in [-0.2, -0.15) is 0 Å². The summed E-state index contributed by atoms with van der Waals surface area (Å²) in [7, 11) is -3.37. The van der Waals surface area contributed by atoms with Crippen molar-refractivity contribution in [2.24, 2.45) is 5.73 Å². The first kappa shape index (κ1) is 26.3. The highest BCUT2D eigenvalue weighted by Gasteiger charge is 2.30. The summed E-state index contributed by atoms with van der Waals surface area (Å²) >= 11 is 0. The lowest BCUT2D eigenvalue weighted by Crippen LogP contribution is -2.40. The number of aromatic amines is 1. The first-order valence-electron chi connectivity index (χ1n) is 12.5. The number of nitrogens with one attached hydrogen (secondary N) is 1. The Morgan fingerprint density at radius 1 is 1.08 bits per heavy atom. The number of nitrogens with two attached hydrogens (primary N) is 1. The summed E-state index contributed by atoms with van der Waals surface area (Å²) in [5.41, 5.74) is 10.6. The van der Waals surface area contributed by atoms with Gasteiger partial charge in [-0.15, -0.1) is 0 Å². The fourth-order valence-corrected chi connectivity index (χ4v) is 6.30. The number of aliphatic hydroxyl groups excluding tert-OH is 1. The van der Waals surface area contributed by atoms with Gasteiger partial charge >= 0.3 is 0 Å². The zero-order valence-electron chi connectivity index (χ0n) is 20.5. The van der Waals surface area contributed by atoms with Crippen LogP contribution in [0.1, 0.15) is 42.7 Å². The van der Waals surface area contributed by atoms with Gasteiger partial charge in [0, 0.05) is 43.4 Å². The van der Waals surface area contributed by atoms with Crippen molar-refractivity contribution in [3.8, 4) is 11.1 Å². The number of fused-ring (bicyclic) bond motifs is 1. The Balaban J connectivity index is 1.48. The first-order chi connectivity index (χ1) is 17.4. The van der Waals surface area contributed by atoms with Crippen LogP contribution in [-0.4, -0.2) is 67.4 Å². The van der Waals surface area contributed by atoms with E-state index in [1.165, 1.54) is 0 Å². The van der Waals surface area contributed by atoms with Gasteiger partial charge in [0.2, 0.25) is 15.9 Å². The molecule has 0 atom stereocenters. The molecule has 2 heterocycles. The maximum absolute atomic E-state index is 12.8. The van der Waals surface area contributed by atoms with E-state index in [0.717, 1.165) is 52.4 Å². The van der Waals surface area contributed by atoms with Crippen LogP contribution in [0, 0.1) is 0 Å². The maximum atomic E-state index is 12.8. The van der Waals surface area contributed by atoms with Crippen molar-refractivity contribution in [1.82, 2.24) is 9.29 Å². The molecule has 1 fully saturated rings. The highest BCUT2D eigenvalue weighted by atomic mass is 32.2. The lowest BCUT2D eigenvalue weighted by atomic mass is 9.88. The van der Waals surface area contributed by atoms with E-state index in [1.807, 2.05) is 42.6 Å². The van der Waals surface area contributed by atoms with Gasteiger partial charge in [0.25, 0.3) is 0 Å². The van der Waals surface area contributed by atoms with E-state index in [2.05, 4.69) is 11.1 Å². The van der Waals surface area contributed by atoms with Crippen LogP contribution in [0.5, 0.6) is 0 Å². The van der Waals surface area contributed by atoms with E-state index in [-0.39, 0.29) is 37.2 Å². The normalized spacial score (nSPS) is 15.5. The lowest BCUT2D eigenvalue weighted by molar-refractivity contribution is -0.117. The third-order valence-electron chi connectivity index (χ3n) is 6.84. The smallest absolute Gasteiger partial charge is 0.221 e. The Hall–Kier alpha value is -2.72. The zero-order chi connectivity index (χ0) is 25.5. The molecule has 0 saturated carbocycles. The number of aromatic nitrogens is 1. The maximum Gasteiger partial charge on any atom is 0.221 e. The predicted molar refractivity (Wildman–Crippen MR) is 141 cm³/mol. The number of rotatable bonds is 12. The molecule has 0 aliphatic carbocycles. The molecule has 0 unspecified atom stereocenters. The number of carbonyl (C=O) groups excluding carboxylic acids is 1. The van der Waals surface area contributed by atoms with Crippen molar-refractivity contribution >= 4 is 26.8 Å². The number of aliphatic hydroxyl groups is 1. The molecule has 36 heavy (non-hydrogen) atoms. The number of H-pyrrole nitrogens is 1. The van der Waals surface area contributed by atoms with E-state index in [1.54, 1.807) is 4.31 Å². The minimum atomic E-state index is -3.37. The van der Waals surface area contributed by atoms with E-state index in [9.17, 15) is 13.2 Å². The average Bonchev–Trinajstić information content (AvgIpc) is 3.31. The van der Waals surface area contributed by atoms with Gasteiger partial charge < -0.3 is 20.6 Å². The third-order valence-corrected chi connectivity index (χ3v) is 8.68. The highest BCUT2D eigenvalue weighted by Crippen LogP contribution is 2.37. The number of hydrogen-bond acceptors (Lipinski definition) is 5. The van der Waals surface area contributed by atoms with Gasteiger partial charge in [0.1, 0.15) is 0 Å². The number of amides is 1. The van der Waals surface area contributed by atoms with Crippen molar-refractivity contribution in [3.05, 3.63) is 59.8 Å². The van der Waals surface area contributed by atoms with Crippen LogP contribution in [-0.2, 0) is 26.0 Å². The minimum absolute atomic E-state index is 0.0270. The van der Waals surface area contributed by atoms with E-state index in [4.69, 9.17) is 15.6 Å². The molecule has 0 bridgehead atoms. The number of nitrogens with zero attached hydrogens (tertiary/aromatic N) is 1. The molecule has 0 radical (unpaired) electrons. The van der Waals surface area contributed by atoms with Gasteiger partial charge in [0.15, 0.2) is 0 Å². The summed E-state index contributed by atoms with van der Waals surface area (Å²) in [5, 5.41) is 9.87. The van der Waals surface area contributed by atoms with Crippen molar-refractivity contribution in [3.63, 3.8) is 0 Å². The molecule has 4 rings (SSSR count). The third kappa shape index (κ3) is 6.34. The van der Waals surface area contributed by atoms with E-state index >= 15 is 0 Å². The van der Waals surface area contributed by atoms with Crippen LogP contribution in [0.25, 0.3) is 22.0 Å². The topological polar surface area (TPSA) is 126 Å². The highest BCUT2D eigenvalue weighted by molar-refractivity contribution is 7.89. The van der Waals surface area contributed by atoms with Gasteiger partial charge in [0.05, 0.1) is 18.8 Å². The molecule has 1 aliphatic rings. The van der Waals surface area contributed by atoms with Gasteiger partial charge in [-0.05, 0) is 66.0 Å². The summed E-state index contributed by atoms with van der Waals surface area (Å²) in [6.45, 7) is 1.68. The molecule has 1 saturated heterocycles. The Morgan fingerprint density at radius 2 is 1.83 bits per heavy atom. The van der Waals surface area contributed by atoms with Gasteiger partial charge in [-0.3, -0.25) is 4.79 Å². The van der Waals surface area contributed by atoms with Gasteiger partial charge in [-0.25, -0.2) is 12.7 Å². The largest absolute Gasteiger partial charge is 0.396 e. The number of hydrogen-bond donors (Lipinski definition) is 3. The molecule has 1 aromatic heterocycles. The number of benzene rings is 2. The molecule has 9 heteroatoms. The summed E-state index contributed by atoms with van der Waals surface area (Å²) in [5.74, 6) is -0.193. The van der Waals surface area contributed by atoms with Crippen molar-refractivity contribution in [1.29, 1.82) is 0 Å². The monoisotopic (exact) mass is 513 g/mol. The zero-order valence-corrected chi connectivity index (χ0v) is 21.3. The standard InChI is InChI=1S/C27H35N3O5S/c28-26(32)18-23-16-22(20-6-2-1-3-7-20)17-24-25(19-29-27(23)24)21-8-10-30(11-9-21)36(33,34)15-14-35-13-5-4-12-31/h1-3,6-7,16-17,19,21,29,31H,4-5,8-15,18H2,(H2,28,32). The lowest BCUT2D eigenvalue weighted by Gasteiger charge is -2.31. The number of ether oxygens (including phenoxy) is 1. The average molecular weight is 514 g/mol. The Kier molecular flexibility index (Phi) is 8.79. The fraction of sp³-hybridized carbons (Fsp3) is 0.444. The molecular formula is C27H35N3O5S. The van der Waals surface area contributed by atoms with Crippen LogP contribution in [0.2, 0.25) is 0 Å². The summed E-state index contributed by atoms with van der Waals surface area (Å²) in [4.78, 5) is 15.1. The second-order valence-corrected chi connectivity index (χ2v) is 11.4. The number of primary amides is 1. The molecule has 2 aromatic carbocycles. The predicted octanol–water partition coefficient (Wildman–Crippen LogP) is 3.16. The van der Waals surface area contributed by atoms with Crippen LogP contribution < -0.4 is 5.73 Å². The van der Waals surface area contributed by atoms with Gasteiger partial charge in [-0.1, -0.05) is 30.3 Å². The first-order valence-corrected chi connectivity index (χ1v) is 14.1. The van der Waals surface area contributed by atoms with Crippen molar-refractivity contribution < 1.29 is 23.1 Å². The summed E-state index contributed by atoms with van der Waals surface area (Å²) in [6.07, 6.45) is 4.98. The summed E-state index contributed by atoms with van der Waals surface area (Å²) < 4.78 is 32.6. The second-order valence-electron chi connectivity index (χ2n) is 9.34. The van der Waals surface area contributed by atoms with Crippen LogP contribution in [0.4, 0.5) is 0 Å². The molecule has 194 valence electrons. The molecular weight excluding hydrogens is 478 g/mol. The van der Waals surface area contributed by atoms with Crippen LogP contribution in [0.3, 0.4) is 0 Å². The van der Waals surface area contributed by atoms with Crippen molar-refractivity contribution in [2.75, 3.05) is 38.7 Å². The van der Waals surface area contributed by atoms with Crippen molar-refractivity contribution in [2.45, 2.75) is 38.0 Å². The molecule has 4 N–H and O–H groups in total. The SMILES string of the molecule is NC(=O)Cc1cc(-c2ccccc2)cc2c(C3CCN(S(=O)(=O)CCOCCCCO)CC3)c[nH]c12. The van der Waals surface area contributed by atoms with Crippen LogP contribution in [0.15, 0.2) is 48.7 Å². The Morgan fingerprint density at radius 3 is 2.53 bits per heavy atom. The molecule has 0 spiro atoms. The minimum Gasteiger partial charge on any atom is -0.396 e. The number of unbranched alkanes of at least 4 members (excludes halogenated alkanes) is 1. The molecule has 1 amide bonds. The Labute approximate surface area is 212 Å². The Bertz CT molecular complexity index is 1270. The number of piperidine rings is 1. The molecule has 3 aromatic rings. The second kappa shape index (κ2) is 12.0. The fourth-order valence-electron chi connectivity index (χ4n) is 4.95. The number of sulfonamides is 1. The summed E-state index contributed by atoms with van der Waals surface area (Å²) in [6, 6.07) is 14.2. The van der Waals surface area contributed by atoms with E-state index in [0.29, 0.717) is 26.1 Å². The molecule has 1 aliphatic heterocycles. The quantitative estimate of drug-likeness (QED) is 0.321. The number of carbonyl (C=O) groups is 1. The van der Waals surface area contributed by atoms with Crippen LogP contribution >= 0.6 is 0 Å².